The Labute approximate surface area is 105 Å². The van der Waals surface area contributed by atoms with Crippen LogP contribution in [0.5, 0.6) is 0 Å². The molecule has 18 heavy (non-hydrogen) atoms. The lowest BCUT2D eigenvalue weighted by Gasteiger charge is -2.13. The first kappa shape index (κ1) is 12.3. The van der Waals surface area contributed by atoms with Crippen molar-refractivity contribution in [2.75, 3.05) is 6.54 Å². The van der Waals surface area contributed by atoms with Crippen LogP contribution >= 0.6 is 0 Å². The standard InChI is InChI=1S/C13H15N3O2/c1-10-12(8-14-15(10)2)13(9-16(17)18)11-6-4-3-5-7-11/h3-8,13H,9H2,1-2H3. The first-order valence-corrected chi connectivity index (χ1v) is 5.75. The minimum absolute atomic E-state index is 0.115. The Kier molecular flexibility index (Phi) is 3.41. The van der Waals surface area contributed by atoms with Gasteiger partial charge < -0.3 is 0 Å². The number of benzene rings is 1. The minimum atomic E-state index is -0.274. The molecule has 0 fully saturated rings. The highest BCUT2D eigenvalue weighted by Crippen LogP contribution is 2.26. The van der Waals surface area contributed by atoms with E-state index < -0.39 is 0 Å². The summed E-state index contributed by atoms with van der Waals surface area (Å²) in [6.07, 6.45) is 1.72. The number of hydrogen-bond donors (Lipinski definition) is 0. The summed E-state index contributed by atoms with van der Waals surface area (Å²) in [6.45, 7) is 1.81. The summed E-state index contributed by atoms with van der Waals surface area (Å²) in [4.78, 5) is 10.6. The van der Waals surface area contributed by atoms with E-state index in [-0.39, 0.29) is 17.4 Å². The summed E-state index contributed by atoms with van der Waals surface area (Å²) < 4.78 is 1.74. The van der Waals surface area contributed by atoms with Crippen molar-refractivity contribution in [1.29, 1.82) is 0 Å². The molecule has 0 amide bonds. The Bertz CT molecular complexity index is 549. The Balaban J connectivity index is 2.43. The highest BCUT2D eigenvalue weighted by Gasteiger charge is 2.23. The Hall–Kier alpha value is -2.17. The predicted molar refractivity (Wildman–Crippen MR) is 68.1 cm³/mol. The molecular weight excluding hydrogens is 230 g/mol. The molecule has 1 unspecified atom stereocenters. The quantitative estimate of drug-likeness (QED) is 0.612. The third-order valence-corrected chi connectivity index (χ3v) is 3.18. The maximum Gasteiger partial charge on any atom is 0.214 e. The van der Waals surface area contributed by atoms with Crippen LogP contribution in [0.3, 0.4) is 0 Å². The number of aryl methyl sites for hydroxylation is 1. The molecule has 0 saturated heterocycles. The van der Waals surface area contributed by atoms with E-state index in [1.807, 2.05) is 44.3 Å². The summed E-state index contributed by atoms with van der Waals surface area (Å²) in [7, 11) is 1.84. The molecule has 0 spiro atoms. The van der Waals surface area contributed by atoms with E-state index in [0.717, 1.165) is 16.8 Å². The van der Waals surface area contributed by atoms with Crippen LogP contribution in [0, 0.1) is 17.0 Å². The molecule has 0 bridgehead atoms. The van der Waals surface area contributed by atoms with Crippen LogP contribution in [0.25, 0.3) is 0 Å². The maximum atomic E-state index is 10.9. The largest absolute Gasteiger partial charge is 0.273 e. The molecule has 0 saturated carbocycles. The van der Waals surface area contributed by atoms with Gasteiger partial charge in [0.05, 0.1) is 12.1 Å². The van der Waals surface area contributed by atoms with Crippen LogP contribution in [0.4, 0.5) is 0 Å². The second kappa shape index (κ2) is 5.00. The number of rotatable bonds is 4. The Morgan fingerprint density at radius 1 is 1.39 bits per heavy atom. The number of aromatic nitrogens is 2. The van der Waals surface area contributed by atoms with Crippen molar-refractivity contribution in [3.8, 4) is 0 Å². The van der Waals surface area contributed by atoms with Crippen LogP contribution in [0.15, 0.2) is 36.5 Å². The van der Waals surface area contributed by atoms with E-state index >= 15 is 0 Å². The molecule has 0 aliphatic heterocycles. The zero-order valence-electron chi connectivity index (χ0n) is 10.4. The maximum absolute atomic E-state index is 10.9. The third-order valence-electron chi connectivity index (χ3n) is 3.18. The second-order valence-electron chi connectivity index (χ2n) is 4.29. The van der Waals surface area contributed by atoms with Crippen LogP contribution in [-0.2, 0) is 7.05 Å². The lowest BCUT2D eigenvalue weighted by Crippen LogP contribution is -2.14. The van der Waals surface area contributed by atoms with E-state index in [0.29, 0.717) is 0 Å². The zero-order chi connectivity index (χ0) is 13.1. The number of nitrogens with zero attached hydrogens (tertiary/aromatic N) is 3. The minimum Gasteiger partial charge on any atom is -0.273 e. The van der Waals surface area contributed by atoms with Gasteiger partial charge in [-0.15, -0.1) is 0 Å². The highest BCUT2D eigenvalue weighted by molar-refractivity contribution is 5.33. The monoisotopic (exact) mass is 245 g/mol. The van der Waals surface area contributed by atoms with Gasteiger partial charge in [-0.05, 0) is 12.5 Å². The van der Waals surface area contributed by atoms with E-state index in [9.17, 15) is 10.1 Å². The van der Waals surface area contributed by atoms with E-state index in [2.05, 4.69) is 5.10 Å². The Morgan fingerprint density at radius 3 is 2.56 bits per heavy atom. The molecule has 0 aliphatic rings. The van der Waals surface area contributed by atoms with Gasteiger partial charge in [0.2, 0.25) is 6.54 Å². The third kappa shape index (κ3) is 2.40. The molecule has 1 aromatic carbocycles. The summed E-state index contributed by atoms with van der Waals surface area (Å²) in [5.41, 5.74) is 2.83. The summed E-state index contributed by atoms with van der Waals surface area (Å²) >= 11 is 0. The van der Waals surface area contributed by atoms with E-state index in [1.54, 1.807) is 10.9 Å². The zero-order valence-corrected chi connectivity index (χ0v) is 10.4. The first-order chi connectivity index (χ1) is 8.59. The van der Waals surface area contributed by atoms with Crippen LogP contribution in [0.1, 0.15) is 22.7 Å². The van der Waals surface area contributed by atoms with Gasteiger partial charge >= 0.3 is 0 Å². The van der Waals surface area contributed by atoms with Gasteiger partial charge in [-0.1, -0.05) is 30.3 Å². The highest BCUT2D eigenvalue weighted by atomic mass is 16.6. The molecule has 1 aromatic heterocycles. The van der Waals surface area contributed by atoms with E-state index in [4.69, 9.17) is 0 Å². The van der Waals surface area contributed by atoms with Crippen molar-refractivity contribution in [1.82, 2.24) is 9.78 Å². The average Bonchev–Trinajstić information content (AvgIpc) is 2.68. The van der Waals surface area contributed by atoms with Gasteiger partial charge in [0.25, 0.3) is 0 Å². The SMILES string of the molecule is Cc1c(C(C[N+](=O)[O-])c2ccccc2)cnn1C. The lowest BCUT2D eigenvalue weighted by molar-refractivity contribution is -0.481. The van der Waals surface area contributed by atoms with Crippen LogP contribution in [-0.4, -0.2) is 21.2 Å². The molecule has 0 N–H and O–H groups in total. The number of hydrogen-bond acceptors (Lipinski definition) is 3. The fraction of sp³-hybridized carbons (Fsp3) is 0.308. The lowest BCUT2D eigenvalue weighted by atomic mass is 9.92. The van der Waals surface area contributed by atoms with Gasteiger partial charge in [-0.3, -0.25) is 14.8 Å². The molecule has 0 radical (unpaired) electrons. The fourth-order valence-electron chi connectivity index (χ4n) is 2.08. The van der Waals surface area contributed by atoms with Crippen LogP contribution < -0.4 is 0 Å². The van der Waals surface area contributed by atoms with Crippen molar-refractivity contribution in [3.63, 3.8) is 0 Å². The van der Waals surface area contributed by atoms with Gasteiger partial charge in [-0.2, -0.15) is 5.10 Å². The van der Waals surface area contributed by atoms with Crippen molar-refractivity contribution < 1.29 is 4.92 Å². The van der Waals surface area contributed by atoms with Gasteiger partial charge in [0.1, 0.15) is 0 Å². The van der Waals surface area contributed by atoms with Crippen molar-refractivity contribution in [2.45, 2.75) is 12.8 Å². The summed E-state index contributed by atoms with van der Waals surface area (Å²) in [6, 6.07) is 9.53. The molecule has 2 aromatic rings. The molecule has 2 rings (SSSR count). The molecule has 1 heterocycles. The summed E-state index contributed by atoms with van der Waals surface area (Å²) in [5, 5.41) is 15.0. The predicted octanol–water partition coefficient (Wildman–Crippen LogP) is 2.14. The summed E-state index contributed by atoms with van der Waals surface area (Å²) in [5.74, 6) is -0.241. The smallest absolute Gasteiger partial charge is 0.214 e. The fourth-order valence-corrected chi connectivity index (χ4v) is 2.08. The van der Waals surface area contributed by atoms with Gasteiger partial charge in [0.15, 0.2) is 0 Å². The van der Waals surface area contributed by atoms with Crippen molar-refractivity contribution in [2.24, 2.45) is 7.05 Å². The molecule has 0 aliphatic carbocycles. The van der Waals surface area contributed by atoms with Crippen molar-refractivity contribution in [3.05, 3.63) is 63.5 Å². The normalized spacial score (nSPS) is 12.3. The Morgan fingerprint density at radius 2 is 2.06 bits per heavy atom. The van der Waals surface area contributed by atoms with Crippen LogP contribution in [0.2, 0.25) is 0 Å². The molecule has 5 heteroatoms. The first-order valence-electron chi connectivity index (χ1n) is 5.75. The number of nitro groups is 1. The van der Waals surface area contributed by atoms with Gasteiger partial charge in [-0.25, -0.2) is 0 Å². The topological polar surface area (TPSA) is 61.0 Å². The molecule has 5 nitrogen and oxygen atoms in total. The molecular formula is C13H15N3O2. The second-order valence-corrected chi connectivity index (χ2v) is 4.29. The van der Waals surface area contributed by atoms with Gasteiger partial charge in [0, 0.05) is 23.2 Å². The average molecular weight is 245 g/mol. The van der Waals surface area contributed by atoms with E-state index in [1.165, 1.54) is 0 Å². The van der Waals surface area contributed by atoms with Crippen molar-refractivity contribution >= 4 is 0 Å². The molecule has 1 atom stereocenters. The molecule has 94 valence electrons.